The van der Waals surface area contributed by atoms with Gasteiger partial charge >= 0.3 is 11.9 Å². The molecule has 2 aromatic rings. The largest absolute Gasteiger partial charge is 0.497 e. The molecule has 0 aromatic heterocycles. The zero-order valence-corrected chi connectivity index (χ0v) is 16.1. The van der Waals surface area contributed by atoms with Crippen LogP contribution in [0.3, 0.4) is 0 Å². The molecule has 2 atom stereocenters. The molecular weight excluding hydrogens is 360 g/mol. The third-order valence-electron chi connectivity index (χ3n) is 4.84. The molecule has 6 heteroatoms. The molecule has 0 amide bonds. The summed E-state index contributed by atoms with van der Waals surface area (Å²) in [7, 11) is 3.14. The van der Waals surface area contributed by atoms with Crippen molar-refractivity contribution in [1.29, 1.82) is 0 Å². The second-order valence-electron chi connectivity index (χ2n) is 6.75. The van der Waals surface area contributed by atoms with Crippen molar-refractivity contribution in [2.75, 3.05) is 14.2 Å². The lowest BCUT2D eigenvalue weighted by atomic mass is 9.80. The molecule has 0 aliphatic heterocycles. The molecular formula is C22H26O6. The molecule has 2 aromatic carbocycles. The maximum atomic E-state index is 12.1. The first kappa shape index (κ1) is 21.3. The zero-order valence-electron chi connectivity index (χ0n) is 16.1. The highest BCUT2D eigenvalue weighted by Gasteiger charge is 2.29. The topological polar surface area (TPSA) is 93.1 Å². The Labute approximate surface area is 164 Å². The first-order valence-electron chi connectivity index (χ1n) is 9.13. The number of carbonyl (C=O) groups is 2. The second-order valence-corrected chi connectivity index (χ2v) is 6.75. The van der Waals surface area contributed by atoms with Gasteiger partial charge in [0.25, 0.3) is 0 Å². The second kappa shape index (κ2) is 10.3. The summed E-state index contributed by atoms with van der Waals surface area (Å²) < 4.78 is 10.5. The molecule has 0 aliphatic carbocycles. The summed E-state index contributed by atoms with van der Waals surface area (Å²) in [6.07, 6.45) is 0.982. The molecule has 0 spiro atoms. The lowest BCUT2D eigenvalue weighted by Crippen LogP contribution is -2.28. The van der Waals surface area contributed by atoms with Crippen LogP contribution in [-0.4, -0.2) is 36.4 Å². The van der Waals surface area contributed by atoms with Gasteiger partial charge < -0.3 is 19.7 Å². The number of hydrogen-bond acceptors (Lipinski definition) is 4. The van der Waals surface area contributed by atoms with E-state index in [2.05, 4.69) is 0 Å². The molecule has 0 saturated carbocycles. The van der Waals surface area contributed by atoms with Crippen LogP contribution in [0, 0.1) is 11.8 Å². The number of hydrogen-bond donors (Lipinski definition) is 2. The van der Waals surface area contributed by atoms with Gasteiger partial charge in [0.1, 0.15) is 11.5 Å². The summed E-state index contributed by atoms with van der Waals surface area (Å²) in [6, 6.07) is 14.7. The molecule has 0 bridgehead atoms. The molecule has 2 rings (SSSR count). The lowest BCUT2D eigenvalue weighted by molar-refractivity contribution is -0.145. The minimum Gasteiger partial charge on any atom is -0.497 e. The van der Waals surface area contributed by atoms with Gasteiger partial charge in [0.2, 0.25) is 0 Å². The average molecular weight is 386 g/mol. The predicted molar refractivity (Wildman–Crippen MR) is 105 cm³/mol. The number of aliphatic carboxylic acids is 2. The van der Waals surface area contributed by atoms with E-state index in [-0.39, 0.29) is 18.8 Å². The van der Waals surface area contributed by atoms with E-state index in [1.807, 2.05) is 42.5 Å². The van der Waals surface area contributed by atoms with E-state index in [1.165, 1.54) is 0 Å². The quantitative estimate of drug-likeness (QED) is 0.612. The fraction of sp³-hybridized carbons (Fsp3) is 0.364. The molecule has 0 radical (unpaired) electrons. The van der Waals surface area contributed by atoms with E-state index in [9.17, 15) is 14.7 Å². The van der Waals surface area contributed by atoms with Gasteiger partial charge in [0.05, 0.1) is 20.1 Å². The molecule has 0 saturated heterocycles. The third kappa shape index (κ3) is 6.30. The molecule has 0 aliphatic rings. The SMILES string of the molecule is COc1cccc(C[C@@H](CCC(=O)O)[C@@H](Cc2cccc(OC)c2)C(=O)O)c1. The van der Waals surface area contributed by atoms with Crippen molar-refractivity contribution in [2.24, 2.45) is 11.8 Å². The summed E-state index contributed by atoms with van der Waals surface area (Å²) in [6.45, 7) is 0. The average Bonchev–Trinajstić information content (AvgIpc) is 2.69. The van der Waals surface area contributed by atoms with E-state index in [1.54, 1.807) is 20.3 Å². The molecule has 2 N–H and O–H groups in total. The van der Waals surface area contributed by atoms with Gasteiger partial charge in [0, 0.05) is 6.42 Å². The van der Waals surface area contributed by atoms with Gasteiger partial charge in [-0.1, -0.05) is 24.3 Å². The normalized spacial score (nSPS) is 12.8. The Morgan fingerprint density at radius 2 is 1.43 bits per heavy atom. The molecule has 0 heterocycles. The molecule has 28 heavy (non-hydrogen) atoms. The van der Waals surface area contributed by atoms with Gasteiger partial charge in [-0.15, -0.1) is 0 Å². The Hall–Kier alpha value is -3.02. The molecule has 0 unspecified atom stereocenters. The van der Waals surface area contributed by atoms with Crippen molar-refractivity contribution < 1.29 is 29.3 Å². The number of ether oxygens (including phenoxy) is 2. The van der Waals surface area contributed by atoms with Gasteiger partial charge in [-0.2, -0.15) is 0 Å². The van der Waals surface area contributed by atoms with Gasteiger partial charge in [-0.25, -0.2) is 0 Å². The highest BCUT2D eigenvalue weighted by atomic mass is 16.5. The van der Waals surface area contributed by atoms with Crippen LogP contribution in [-0.2, 0) is 22.4 Å². The van der Waals surface area contributed by atoms with Crippen molar-refractivity contribution in [1.82, 2.24) is 0 Å². The maximum Gasteiger partial charge on any atom is 0.307 e. The molecule has 6 nitrogen and oxygen atoms in total. The van der Waals surface area contributed by atoms with Crippen LogP contribution < -0.4 is 9.47 Å². The monoisotopic (exact) mass is 386 g/mol. The van der Waals surface area contributed by atoms with Gasteiger partial charge in [-0.05, 0) is 60.6 Å². The number of carboxylic acid groups (broad SMARTS) is 2. The first-order chi connectivity index (χ1) is 13.4. The summed E-state index contributed by atoms with van der Waals surface area (Å²) in [5.41, 5.74) is 1.77. The smallest absolute Gasteiger partial charge is 0.307 e. The fourth-order valence-corrected chi connectivity index (χ4v) is 3.37. The Morgan fingerprint density at radius 1 is 0.893 bits per heavy atom. The van der Waals surface area contributed by atoms with Crippen LogP contribution in [0.5, 0.6) is 11.5 Å². The van der Waals surface area contributed by atoms with E-state index in [0.717, 1.165) is 11.1 Å². The van der Waals surface area contributed by atoms with E-state index in [4.69, 9.17) is 14.6 Å². The zero-order chi connectivity index (χ0) is 20.5. The van der Waals surface area contributed by atoms with Crippen molar-refractivity contribution in [3.05, 3.63) is 59.7 Å². The Morgan fingerprint density at radius 3 is 1.89 bits per heavy atom. The van der Waals surface area contributed by atoms with Crippen LogP contribution in [0.2, 0.25) is 0 Å². The first-order valence-corrected chi connectivity index (χ1v) is 9.13. The van der Waals surface area contributed by atoms with E-state index in [0.29, 0.717) is 24.3 Å². The molecule has 0 fully saturated rings. The predicted octanol–water partition coefficient (Wildman–Crippen LogP) is 3.67. The third-order valence-corrected chi connectivity index (χ3v) is 4.84. The maximum absolute atomic E-state index is 12.1. The summed E-state index contributed by atoms with van der Waals surface area (Å²) >= 11 is 0. The van der Waals surface area contributed by atoms with Crippen LogP contribution in [0.15, 0.2) is 48.5 Å². The van der Waals surface area contributed by atoms with E-state index < -0.39 is 17.9 Å². The van der Waals surface area contributed by atoms with Gasteiger partial charge in [0.15, 0.2) is 0 Å². The van der Waals surface area contributed by atoms with Crippen molar-refractivity contribution in [3.8, 4) is 11.5 Å². The Kier molecular flexibility index (Phi) is 7.87. The van der Waals surface area contributed by atoms with Crippen molar-refractivity contribution in [2.45, 2.75) is 25.7 Å². The summed E-state index contributed by atoms with van der Waals surface area (Å²) in [4.78, 5) is 23.2. The van der Waals surface area contributed by atoms with Gasteiger partial charge in [-0.3, -0.25) is 9.59 Å². The van der Waals surface area contributed by atoms with E-state index >= 15 is 0 Å². The Balaban J connectivity index is 2.27. The lowest BCUT2D eigenvalue weighted by Gasteiger charge is -2.24. The van der Waals surface area contributed by atoms with Crippen LogP contribution in [0.1, 0.15) is 24.0 Å². The number of methoxy groups -OCH3 is 2. The fourth-order valence-electron chi connectivity index (χ4n) is 3.37. The van der Waals surface area contributed by atoms with Crippen LogP contribution >= 0.6 is 0 Å². The molecule has 150 valence electrons. The number of carboxylic acids is 2. The van der Waals surface area contributed by atoms with Crippen LogP contribution in [0.4, 0.5) is 0 Å². The summed E-state index contributed by atoms with van der Waals surface area (Å²) in [5, 5.41) is 19.0. The minimum absolute atomic E-state index is 0.0729. The van der Waals surface area contributed by atoms with Crippen molar-refractivity contribution in [3.63, 3.8) is 0 Å². The van der Waals surface area contributed by atoms with Crippen LogP contribution in [0.25, 0.3) is 0 Å². The standard InChI is InChI=1S/C22H26O6/c1-27-18-7-3-5-15(12-18)11-17(9-10-21(23)24)20(22(25)26)14-16-6-4-8-19(13-16)28-2/h3-8,12-13,17,20H,9-11,14H2,1-2H3,(H,23,24)(H,25,26)/t17-,20-/m1/s1. The minimum atomic E-state index is -0.930. The van der Waals surface area contributed by atoms with Crippen molar-refractivity contribution >= 4 is 11.9 Å². The number of benzene rings is 2. The number of rotatable bonds is 11. The highest BCUT2D eigenvalue weighted by Crippen LogP contribution is 2.28. The Bertz CT molecular complexity index is 801. The highest BCUT2D eigenvalue weighted by molar-refractivity contribution is 5.71. The summed E-state index contributed by atoms with van der Waals surface area (Å²) in [5.74, 6) is -1.54.